The Bertz CT molecular complexity index is 721. The summed E-state index contributed by atoms with van der Waals surface area (Å²) in [5.74, 6) is 0.105. The highest BCUT2D eigenvalue weighted by atomic mass is 35.5. The fourth-order valence-electron chi connectivity index (χ4n) is 1.99. The largest absolute Gasteiger partial charge is 0.340 e. The third-order valence-corrected chi connectivity index (χ3v) is 5.00. The average Bonchev–Trinajstić information content (AvgIpc) is 2.96. The molecule has 2 aromatic rings. The maximum absolute atomic E-state index is 12.5. The van der Waals surface area contributed by atoms with Gasteiger partial charge in [0.2, 0.25) is 5.91 Å². The van der Waals surface area contributed by atoms with Gasteiger partial charge in [0.05, 0.1) is 10.6 Å². The van der Waals surface area contributed by atoms with Crippen molar-refractivity contribution in [1.82, 2.24) is 10.3 Å². The number of anilines is 1. The lowest BCUT2D eigenvalue weighted by atomic mass is 10.1. The SMILES string of the molecule is CSCCC(NC(=O)c1ccccc1Cl)C(=O)Nc1ncc(C)s1. The van der Waals surface area contributed by atoms with E-state index >= 15 is 0 Å². The molecule has 0 fully saturated rings. The number of benzene rings is 1. The smallest absolute Gasteiger partial charge is 0.253 e. The molecule has 0 spiro atoms. The molecule has 1 atom stereocenters. The Hall–Kier alpha value is -1.57. The van der Waals surface area contributed by atoms with Crippen LogP contribution in [0.2, 0.25) is 5.02 Å². The second-order valence-corrected chi connectivity index (χ2v) is 7.68. The van der Waals surface area contributed by atoms with Crippen molar-refractivity contribution in [3.63, 3.8) is 0 Å². The zero-order chi connectivity index (χ0) is 17.5. The number of nitrogens with one attached hydrogen (secondary N) is 2. The second-order valence-electron chi connectivity index (χ2n) is 5.05. The Labute approximate surface area is 154 Å². The standard InChI is InChI=1S/C16H18ClN3O2S2/c1-10-9-18-16(24-10)20-15(22)13(7-8-23-2)19-14(21)11-5-3-4-6-12(11)17/h3-6,9,13H,7-8H2,1-2H3,(H,19,21)(H,18,20,22). The van der Waals surface area contributed by atoms with Crippen LogP contribution in [-0.2, 0) is 4.79 Å². The van der Waals surface area contributed by atoms with E-state index in [0.29, 0.717) is 22.1 Å². The summed E-state index contributed by atoms with van der Waals surface area (Å²) in [5.41, 5.74) is 0.353. The van der Waals surface area contributed by atoms with Gasteiger partial charge in [-0.05, 0) is 37.5 Å². The quantitative estimate of drug-likeness (QED) is 0.766. The third kappa shape index (κ3) is 5.22. The molecule has 1 aromatic heterocycles. The number of carbonyl (C=O) groups excluding carboxylic acids is 2. The minimum absolute atomic E-state index is 0.279. The van der Waals surface area contributed by atoms with Crippen LogP contribution in [0.1, 0.15) is 21.7 Å². The summed E-state index contributed by atoms with van der Waals surface area (Å²) in [6.45, 7) is 1.91. The summed E-state index contributed by atoms with van der Waals surface area (Å²) in [7, 11) is 0. The number of halogens is 1. The molecule has 2 amide bonds. The van der Waals surface area contributed by atoms with Crippen molar-refractivity contribution < 1.29 is 9.59 Å². The van der Waals surface area contributed by atoms with E-state index in [1.807, 2.05) is 13.2 Å². The van der Waals surface area contributed by atoms with E-state index in [0.717, 1.165) is 10.6 Å². The van der Waals surface area contributed by atoms with Gasteiger partial charge < -0.3 is 10.6 Å². The van der Waals surface area contributed by atoms with Crippen LogP contribution in [0.5, 0.6) is 0 Å². The minimum Gasteiger partial charge on any atom is -0.340 e. The molecule has 8 heteroatoms. The first-order chi connectivity index (χ1) is 11.5. The van der Waals surface area contributed by atoms with Gasteiger partial charge in [-0.15, -0.1) is 11.3 Å². The fourth-order valence-corrected chi connectivity index (χ4v) is 3.35. The molecule has 2 N–H and O–H groups in total. The number of hydrogen-bond acceptors (Lipinski definition) is 5. The number of rotatable bonds is 7. The molecular formula is C16H18ClN3O2S2. The highest BCUT2D eigenvalue weighted by Crippen LogP contribution is 2.18. The molecule has 0 aliphatic heterocycles. The van der Waals surface area contributed by atoms with E-state index in [4.69, 9.17) is 11.6 Å². The van der Waals surface area contributed by atoms with Crippen molar-refractivity contribution in [2.75, 3.05) is 17.3 Å². The zero-order valence-corrected chi connectivity index (χ0v) is 15.7. The predicted molar refractivity (Wildman–Crippen MR) is 101 cm³/mol. The monoisotopic (exact) mass is 383 g/mol. The normalized spacial score (nSPS) is 11.8. The molecule has 1 aromatic carbocycles. The minimum atomic E-state index is -0.648. The molecule has 0 aliphatic rings. The highest BCUT2D eigenvalue weighted by Gasteiger charge is 2.22. The third-order valence-electron chi connectivity index (χ3n) is 3.20. The van der Waals surface area contributed by atoms with Gasteiger partial charge in [0, 0.05) is 11.1 Å². The molecule has 2 rings (SSSR count). The van der Waals surface area contributed by atoms with Crippen LogP contribution >= 0.6 is 34.7 Å². The van der Waals surface area contributed by atoms with Crippen LogP contribution in [0.25, 0.3) is 0 Å². The number of thiazole rings is 1. The van der Waals surface area contributed by atoms with Gasteiger partial charge in [-0.1, -0.05) is 23.7 Å². The van der Waals surface area contributed by atoms with Crippen LogP contribution < -0.4 is 10.6 Å². The number of nitrogens with zero attached hydrogens (tertiary/aromatic N) is 1. The van der Waals surface area contributed by atoms with Gasteiger partial charge in [0.15, 0.2) is 5.13 Å². The molecule has 0 radical (unpaired) electrons. The number of hydrogen-bond donors (Lipinski definition) is 2. The summed E-state index contributed by atoms with van der Waals surface area (Å²) in [6, 6.07) is 6.11. The summed E-state index contributed by atoms with van der Waals surface area (Å²) in [5, 5.41) is 6.40. The lowest BCUT2D eigenvalue weighted by molar-refractivity contribution is -0.118. The van der Waals surface area contributed by atoms with Gasteiger partial charge in [-0.25, -0.2) is 4.98 Å². The van der Waals surface area contributed by atoms with E-state index in [-0.39, 0.29) is 11.8 Å². The number of aryl methyl sites for hydroxylation is 1. The number of amides is 2. The lowest BCUT2D eigenvalue weighted by Crippen LogP contribution is -2.44. The van der Waals surface area contributed by atoms with Crippen molar-refractivity contribution in [2.24, 2.45) is 0 Å². The van der Waals surface area contributed by atoms with Crippen LogP contribution in [-0.4, -0.2) is 34.8 Å². The average molecular weight is 384 g/mol. The van der Waals surface area contributed by atoms with Gasteiger partial charge in [0.1, 0.15) is 6.04 Å². The van der Waals surface area contributed by atoms with Crippen molar-refractivity contribution in [3.05, 3.63) is 45.9 Å². The molecule has 1 heterocycles. The second kappa shape index (κ2) is 9.05. The summed E-state index contributed by atoms with van der Waals surface area (Å²) in [4.78, 5) is 30.0. The van der Waals surface area contributed by atoms with E-state index in [1.165, 1.54) is 11.3 Å². The molecule has 5 nitrogen and oxygen atoms in total. The van der Waals surface area contributed by atoms with Crippen LogP contribution in [0.3, 0.4) is 0 Å². The lowest BCUT2D eigenvalue weighted by Gasteiger charge is -2.17. The summed E-state index contributed by atoms with van der Waals surface area (Å²) in [6.07, 6.45) is 4.17. The molecule has 1 unspecified atom stereocenters. The molecule has 0 saturated carbocycles. The molecule has 24 heavy (non-hydrogen) atoms. The van der Waals surface area contributed by atoms with E-state index < -0.39 is 6.04 Å². The van der Waals surface area contributed by atoms with Gasteiger partial charge >= 0.3 is 0 Å². The Morgan fingerprint density at radius 1 is 1.38 bits per heavy atom. The van der Waals surface area contributed by atoms with Gasteiger partial charge in [-0.2, -0.15) is 11.8 Å². The first-order valence-electron chi connectivity index (χ1n) is 7.29. The maximum Gasteiger partial charge on any atom is 0.253 e. The van der Waals surface area contributed by atoms with Crippen molar-refractivity contribution in [2.45, 2.75) is 19.4 Å². The molecule has 128 valence electrons. The number of thioether (sulfide) groups is 1. The van der Waals surface area contributed by atoms with E-state index in [1.54, 1.807) is 42.2 Å². The maximum atomic E-state index is 12.5. The van der Waals surface area contributed by atoms with Gasteiger partial charge in [-0.3, -0.25) is 9.59 Å². The topological polar surface area (TPSA) is 71.1 Å². The van der Waals surface area contributed by atoms with Crippen molar-refractivity contribution in [3.8, 4) is 0 Å². The molecule has 0 saturated heterocycles. The molecule has 0 aliphatic carbocycles. The van der Waals surface area contributed by atoms with Crippen LogP contribution in [0.4, 0.5) is 5.13 Å². The predicted octanol–water partition coefficient (Wildman–Crippen LogP) is 3.60. The zero-order valence-electron chi connectivity index (χ0n) is 13.3. The number of carbonyl (C=O) groups is 2. The highest BCUT2D eigenvalue weighted by molar-refractivity contribution is 7.98. The number of aromatic nitrogens is 1. The fraction of sp³-hybridized carbons (Fsp3) is 0.312. The van der Waals surface area contributed by atoms with Crippen LogP contribution in [0.15, 0.2) is 30.5 Å². The Morgan fingerprint density at radius 2 is 2.12 bits per heavy atom. The van der Waals surface area contributed by atoms with Crippen molar-refractivity contribution >= 4 is 51.6 Å². The molecule has 0 bridgehead atoms. The Balaban J connectivity index is 2.08. The summed E-state index contributed by atoms with van der Waals surface area (Å²) >= 11 is 9.05. The van der Waals surface area contributed by atoms with Gasteiger partial charge in [0.25, 0.3) is 5.91 Å². The van der Waals surface area contributed by atoms with E-state index in [9.17, 15) is 9.59 Å². The van der Waals surface area contributed by atoms with Crippen LogP contribution in [0, 0.1) is 6.92 Å². The van der Waals surface area contributed by atoms with E-state index in [2.05, 4.69) is 15.6 Å². The first kappa shape index (κ1) is 18.8. The van der Waals surface area contributed by atoms with Crippen molar-refractivity contribution in [1.29, 1.82) is 0 Å². The first-order valence-corrected chi connectivity index (χ1v) is 9.87. The summed E-state index contributed by atoms with van der Waals surface area (Å²) < 4.78 is 0. The molecular weight excluding hydrogens is 366 g/mol. The Kier molecular flexibility index (Phi) is 7.08. The Morgan fingerprint density at radius 3 is 2.75 bits per heavy atom.